The number of benzene rings is 2. The topological polar surface area (TPSA) is 75.7 Å². The van der Waals surface area contributed by atoms with Crippen molar-refractivity contribution in [1.82, 2.24) is 5.32 Å². The first-order valence-electron chi connectivity index (χ1n) is 9.01. The average Bonchev–Trinajstić information content (AvgIpc) is 2.66. The molecule has 0 atom stereocenters. The maximum Gasteiger partial charge on any atom is 0.257 e. The van der Waals surface area contributed by atoms with E-state index in [1.165, 1.54) is 4.31 Å². The molecule has 0 heterocycles. The SMILES string of the molecule is CCCCNC(=O)COc1ccc(N(Cc2ccc(Cl)cc2)S(C)(=O)=O)cc1. The summed E-state index contributed by atoms with van der Waals surface area (Å²) in [6.07, 6.45) is 3.10. The zero-order valence-electron chi connectivity index (χ0n) is 16.0. The monoisotopic (exact) mass is 424 g/mol. The smallest absolute Gasteiger partial charge is 0.257 e. The molecule has 0 aliphatic heterocycles. The number of anilines is 1. The van der Waals surface area contributed by atoms with Crippen LogP contribution in [-0.2, 0) is 21.4 Å². The van der Waals surface area contributed by atoms with Crippen LogP contribution >= 0.6 is 11.6 Å². The van der Waals surface area contributed by atoms with Crippen LogP contribution in [0.5, 0.6) is 5.75 Å². The standard InChI is InChI=1S/C20H25ClN2O4S/c1-3-4-13-22-20(24)15-27-19-11-9-18(10-12-19)23(28(2,25)26)14-16-5-7-17(21)8-6-16/h5-12H,3-4,13-15H2,1-2H3,(H,22,24). The van der Waals surface area contributed by atoms with Crippen LogP contribution in [0.2, 0.25) is 5.02 Å². The molecular weight excluding hydrogens is 400 g/mol. The summed E-state index contributed by atoms with van der Waals surface area (Å²) in [4.78, 5) is 11.7. The number of rotatable bonds is 10. The van der Waals surface area contributed by atoms with E-state index in [0.717, 1.165) is 24.7 Å². The maximum absolute atomic E-state index is 12.2. The molecule has 152 valence electrons. The van der Waals surface area contributed by atoms with Crippen molar-refractivity contribution in [2.45, 2.75) is 26.3 Å². The number of sulfonamides is 1. The van der Waals surface area contributed by atoms with Gasteiger partial charge in [0.05, 0.1) is 18.5 Å². The molecular formula is C20H25ClN2O4S. The van der Waals surface area contributed by atoms with Gasteiger partial charge >= 0.3 is 0 Å². The van der Waals surface area contributed by atoms with E-state index in [-0.39, 0.29) is 19.1 Å². The largest absolute Gasteiger partial charge is 0.484 e. The highest BCUT2D eigenvalue weighted by molar-refractivity contribution is 7.92. The lowest BCUT2D eigenvalue weighted by Gasteiger charge is -2.23. The van der Waals surface area contributed by atoms with E-state index in [9.17, 15) is 13.2 Å². The van der Waals surface area contributed by atoms with E-state index in [1.807, 2.05) is 0 Å². The quantitative estimate of drug-likeness (QED) is 0.591. The highest BCUT2D eigenvalue weighted by Gasteiger charge is 2.18. The Morgan fingerprint density at radius 2 is 1.75 bits per heavy atom. The first-order chi connectivity index (χ1) is 13.3. The summed E-state index contributed by atoms with van der Waals surface area (Å²) >= 11 is 5.89. The van der Waals surface area contributed by atoms with E-state index in [4.69, 9.17) is 16.3 Å². The number of halogens is 1. The molecule has 0 aromatic heterocycles. The number of carbonyl (C=O) groups excluding carboxylic acids is 1. The predicted molar refractivity (Wildman–Crippen MR) is 112 cm³/mol. The minimum Gasteiger partial charge on any atom is -0.484 e. The number of carbonyl (C=O) groups is 1. The Bertz CT molecular complexity index is 868. The van der Waals surface area contributed by atoms with Crippen molar-refractivity contribution in [3.8, 4) is 5.75 Å². The normalized spacial score (nSPS) is 11.1. The number of amides is 1. The number of nitrogens with one attached hydrogen (secondary N) is 1. The lowest BCUT2D eigenvalue weighted by Crippen LogP contribution is -2.30. The zero-order valence-corrected chi connectivity index (χ0v) is 17.6. The first kappa shape index (κ1) is 22.0. The third-order valence-electron chi connectivity index (χ3n) is 3.99. The number of nitrogens with zero attached hydrogens (tertiary/aromatic N) is 1. The second kappa shape index (κ2) is 10.3. The molecule has 0 saturated heterocycles. The van der Waals surface area contributed by atoms with Gasteiger partial charge in [0.15, 0.2) is 6.61 Å². The van der Waals surface area contributed by atoms with E-state index >= 15 is 0 Å². The third kappa shape index (κ3) is 7.05. The van der Waals surface area contributed by atoms with Crippen LogP contribution in [0.3, 0.4) is 0 Å². The van der Waals surface area contributed by atoms with E-state index in [2.05, 4.69) is 12.2 Å². The summed E-state index contributed by atoms with van der Waals surface area (Å²) in [7, 11) is -3.48. The summed E-state index contributed by atoms with van der Waals surface area (Å²) in [5, 5.41) is 3.37. The van der Waals surface area contributed by atoms with Crippen molar-refractivity contribution >= 4 is 33.2 Å². The molecule has 0 aliphatic rings. The molecule has 1 N–H and O–H groups in total. The molecule has 0 radical (unpaired) electrons. The first-order valence-corrected chi connectivity index (χ1v) is 11.2. The number of ether oxygens (including phenoxy) is 1. The van der Waals surface area contributed by atoms with Gasteiger partial charge in [0, 0.05) is 11.6 Å². The van der Waals surface area contributed by atoms with E-state index in [0.29, 0.717) is 23.0 Å². The van der Waals surface area contributed by atoms with E-state index < -0.39 is 10.0 Å². The predicted octanol–water partition coefficient (Wildman–Crippen LogP) is 3.60. The van der Waals surface area contributed by atoms with Gasteiger partial charge < -0.3 is 10.1 Å². The van der Waals surface area contributed by atoms with Gasteiger partial charge in [-0.25, -0.2) is 8.42 Å². The molecule has 2 rings (SSSR count). The van der Waals surface area contributed by atoms with Crippen molar-refractivity contribution in [2.24, 2.45) is 0 Å². The second-order valence-corrected chi connectivity index (χ2v) is 8.73. The fourth-order valence-corrected chi connectivity index (χ4v) is 3.48. The van der Waals surface area contributed by atoms with Crippen LogP contribution in [0.15, 0.2) is 48.5 Å². The van der Waals surface area contributed by atoms with Gasteiger partial charge in [0.25, 0.3) is 5.91 Å². The Kier molecular flexibility index (Phi) is 8.14. The molecule has 0 spiro atoms. The lowest BCUT2D eigenvalue weighted by atomic mass is 10.2. The fraction of sp³-hybridized carbons (Fsp3) is 0.350. The van der Waals surface area contributed by atoms with Crippen LogP contribution in [0.25, 0.3) is 0 Å². The molecule has 0 aliphatic carbocycles. The maximum atomic E-state index is 12.2. The van der Waals surface area contributed by atoms with Gasteiger partial charge in [-0.2, -0.15) is 0 Å². The Morgan fingerprint density at radius 1 is 1.11 bits per heavy atom. The minimum atomic E-state index is -3.48. The molecule has 8 heteroatoms. The van der Waals surface area contributed by atoms with Gasteiger partial charge in [-0.1, -0.05) is 37.1 Å². The molecule has 0 fully saturated rings. The zero-order chi connectivity index (χ0) is 20.6. The van der Waals surface area contributed by atoms with Crippen LogP contribution in [-0.4, -0.2) is 33.7 Å². The Balaban J connectivity index is 2.03. The highest BCUT2D eigenvalue weighted by atomic mass is 35.5. The van der Waals surface area contributed by atoms with Crippen LogP contribution in [0, 0.1) is 0 Å². The summed E-state index contributed by atoms with van der Waals surface area (Å²) in [5.41, 5.74) is 1.33. The molecule has 2 aromatic carbocycles. The van der Waals surface area contributed by atoms with Crippen molar-refractivity contribution in [2.75, 3.05) is 23.7 Å². The van der Waals surface area contributed by atoms with Gasteiger partial charge in [-0.15, -0.1) is 0 Å². The average molecular weight is 425 g/mol. The van der Waals surface area contributed by atoms with Crippen molar-refractivity contribution in [1.29, 1.82) is 0 Å². The van der Waals surface area contributed by atoms with Gasteiger partial charge in [-0.3, -0.25) is 9.10 Å². The molecule has 2 aromatic rings. The molecule has 0 unspecified atom stereocenters. The minimum absolute atomic E-state index is 0.0797. The van der Waals surface area contributed by atoms with E-state index in [1.54, 1.807) is 48.5 Å². The molecule has 0 bridgehead atoms. The third-order valence-corrected chi connectivity index (χ3v) is 5.38. The highest BCUT2D eigenvalue weighted by Crippen LogP contribution is 2.24. The Labute approximate surface area is 171 Å². The lowest BCUT2D eigenvalue weighted by molar-refractivity contribution is -0.123. The Hall–Kier alpha value is -2.25. The van der Waals surface area contributed by atoms with Gasteiger partial charge in [0.1, 0.15) is 5.75 Å². The summed E-state index contributed by atoms with van der Waals surface area (Å²) < 4.78 is 31.2. The number of unbranched alkanes of at least 4 members (excludes halogenated alkanes) is 1. The van der Waals surface area contributed by atoms with Gasteiger partial charge in [0.2, 0.25) is 10.0 Å². The number of hydrogen-bond donors (Lipinski definition) is 1. The Morgan fingerprint density at radius 3 is 2.32 bits per heavy atom. The van der Waals surface area contributed by atoms with Crippen molar-refractivity contribution in [3.63, 3.8) is 0 Å². The summed E-state index contributed by atoms with van der Waals surface area (Å²) in [6.45, 7) is 2.79. The van der Waals surface area contributed by atoms with Crippen molar-refractivity contribution in [3.05, 3.63) is 59.1 Å². The molecule has 28 heavy (non-hydrogen) atoms. The number of hydrogen-bond acceptors (Lipinski definition) is 4. The van der Waals surface area contributed by atoms with Crippen molar-refractivity contribution < 1.29 is 17.9 Å². The molecule has 0 saturated carbocycles. The molecule has 1 amide bonds. The second-order valence-electron chi connectivity index (χ2n) is 6.38. The van der Waals surface area contributed by atoms with Crippen LogP contribution in [0.1, 0.15) is 25.3 Å². The summed E-state index contributed by atoms with van der Waals surface area (Å²) in [6, 6.07) is 13.6. The summed E-state index contributed by atoms with van der Waals surface area (Å²) in [5.74, 6) is 0.312. The van der Waals surface area contributed by atoms with Gasteiger partial charge in [-0.05, 0) is 48.4 Å². The molecule has 6 nitrogen and oxygen atoms in total. The van der Waals surface area contributed by atoms with Crippen LogP contribution in [0.4, 0.5) is 5.69 Å². The fourth-order valence-electron chi connectivity index (χ4n) is 2.47. The van der Waals surface area contributed by atoms with Crippen LogP contribution < -0.4 is 14.4 Å².